The summed E-state index contributed by atoms with van der Waals surface area (Å²) in [6, 6.07) is 7.97. The summed E-state index contributed by atoms with van der Waals surface area (Å²) in [5.74, 6) is 0.00801. The number of hydrogen-bond acceptors (Lipinski definition) is 5. The summed E-state index contributed by atoms with van der Waals surface area (Å²) in [6.07, 6.45) is 2.56. The van der Waals surface area contributed by atoms with Crippen molar-refractivity contribution in [3.63, 3.8) is 0 Å². The van der Waals surface area contributed by atoms with Crippen LogP contribution in [0.4, 0.5) is 0 Å². The molecule has 0 unspecified atom stereocenters. The molecule has 2 N–H and O–H groups in total. The summed E-state index contributed by atoms with van der Waals surface area (Å²) in [5, 5.41) is 13.4. The van der Waals surface area contributed by atoms with Crippen molar-refractivity contribution in [3.8, 4) is 0 Å². The average molecular weight is 329 g/mol. The van der Waals surface area contributed by atoms with Crippen LogP contribution in [-0.2, 0) is 27.2 Å². The zero-order valence-electron chi connectivity index (χ0n) is 14.0. The Kier molecular flexibility index (Phi) is 5.48. The second kappa shape index (κ2) is 7.59. The number of carbonyl (C=O) groups excluding carboxylic acids is 2. The van der Waals surface area contributed by atoms with Gasteiger partial charge in [-0.25, -0.2) is 0 Å². The van der Waals surface area contributed by atoms with Gasteiger partial charge in [0.15, 0.2) is 0 Å². The molecule has 0 bridgehead atoms. The highest BCUT2D eigenvalue weighted by Crippen LogP contribution is 2.31. The smallest absolute Gasteiger partial charge is 0.427 e. The zero-order chi connectivity index (χ0) is 17.1. The maximum Gasteiger partial charge on any atom is 0.458 e. The quantitative estimate of drug-likeness (QED) is 0.804. The maximum absolute atomic E-state index is 12.6. The summed E-state index contributed by atoms with van der Waals surface area (Å²) >= 11 is 0. The van der Waals surface area contributed by atoms with Gasteiger partial charge in [-0.3, -0.25) is 9.59 Å². The van der Waals surface area contributed by atoms with Gasteiger partial charge in [-0.05, 0) is 37.3 Å². The Morgan fingerprint density at radius 3 is 2.71 bits per heavy atom. The predicted octanol–water partition coefficient (Wildman–Crippen LogP) is 1.67. The topological polar surface area (TPSA) is 75.6 Å². The molecule has 0 saturated carbocycles. The Morgan fingerprint density at radius 2 is 2.00 bits per heavy atom. The first-order valence-electron chi connectivity index (χ1n) is 8.68. The first-order valence-corrected chi connectivity index (χ1v) is 8.68. The number of Topliss-reactive ketones (excluding diaryl/α,β-unsaturated/α-hetero) is 2. The molecule has 0 radical (unpaired) electrons. The number of rotatable bonds is 5. The van der Waals surface area contributed by atoms with E-state index in [0.717, 1.165) is 6.42 Å². The summed E-state index contributed by atoms with van der Waals surface area (Å²) in [7, 11) is -0.956. The molecule has 1 aromatic rings. The molecule has 2 aliphatic rings. The van der Waals surface area contributed by atoms with Gasteiger partial charge in [-0.2, -0.15) is 0 Å². The lowest BCUT2D eigenvalue weighted by molar-refractivity contribution is -0.122. The third kappa shape index (κ3) is 4.12. The Morgan fingerprint density at radius 1 is 1.25 bits per heavy atom. The molecular formula is C18H24BNO4. The summed E-state index contributed by atoms with van der Waals surface area (Å²) in [6.45, 7) is 2.23. The maximum atomic E-state index is 12.6. The molecule has 24 heavy (non-hydrogen) atoms. The van der Waals surface area contributed by atoms with E-state index in [1.54, 1.807) is 0 Å². The van der Waals surface area contributed by atoms with Gasteiger partial charge in [0.2, 0.25) is 0 Å². The third-order valence-electron chi connectivity index (χ3n) is 5.04. The first kappa shape index (κ1) is 17.3. The van der Waals surface area contributed by atoms with E-state index in [9.17, 15) is 14.6 Å². The van der Waals surface area contributed by atoms with Gasteiger partial charge in [-0.15, -0.1) is 0 Å². The highest BCUT2D eigenvalue weighted by atomic mass is 16.5. The molecule has 1 aromatic carbocycles. The van der Waals surface area contributed by atoms with E-state index in [4.69, 9.17) is 4.65 Å². The minimum Gasteiger partial charge on any atom is -0.427 e. The van der Waals surface area contributed by atoms with E-state index in [0.29, 0.717) is 32.2 Å². The molecule has 0 aliphatic carbocycles. The molecule has 1 fully saturated rings. The van der Waals surface area contributed by atoms with Gasteiger partial charge in [0, 0.05) is 31.3 Å². The van der Waals surface area contributed by atoms with Crippen LogP contribution in [0.15, 0.2) is 24.3 Å². The van der Waals surface area contributed by atoms with Crippen LogP contribution >= 0.6 is 0 Å². The molecule has 2 heterocycles. The standard InChI is InChI=1S/C18H24BNO4/c1-12(21)8-16-7-6-15(19(23)24-16)10-18(22)17-9-13-4-2-3-5-14(13)11-20-17/h2-5,15-17,20,23H,6-11H2,1H3/t15-,16+,17-/m1/s1. The van der Waals surface area contributed by atoms with Gasteiger partial charge in [0.25, 0.3) is 0 Å². The molecule has 1 saturated heterocycles. The van der Waals surface area contributed by atoms with Crippen molar-refractivity contribution < 1.29 is 19.3 Å². The van der Waals surface area contributed by atoms with E-state index >= 15 is 0 Å². The van der Waals surface area contributed by atoms with Gasteiger partial charge in [0.1, 0.15) is 11.6 Å². The van der Waals surface area contributed by atoms with Crippen molar-refractivity contribution in [2.75, 3.05) is 0 Å². The fraction of sp³-hybridized carbons (Fsp3) is 0.556. The molecule has 128 valence electrons. The van der Waals surface area contributed by atoms with Crippen molar-refractivity contribution in [2.24, 2.45) is 0 Å². The van der Waals surface area contributed by atoms with E-state index in [2.05, 4.69) is 17.4 Å². The van der Waals surface area contributed by atoms with Crippen LogP contribution in [-0.4, -0.2) is 35.9 Å². The van der Waals surface area contributed by atoms with Gasteiger partial charge in [-0.1, -0.05) is 24.3 Å². The molecular weight excluding hydrogens is 305 g/mol. The van der Waals surface area contributed by atoms with Crippen LogP contribution in [0.1, 0.15) is 43.7 Å². The SMILES string of the molecule is CC(=O)C[C@@H]1CC[C@H](CC(=O)[C@H]2Cc3ccccc3CN2)B(O)O1. The lowest BCUT2D eigenvalue weighted by Crippen LogP contribution is -2.44. The van der Waals surface area contributed by atoms with Gasteiger partial charge < -0.3 is 15.0 Å². The van der Waals surface area contributed by atoms with Crippen LogP contribution in [0.3, 0.4) is 0 Å². The van der Waals surface area contributed by atoms with E-state index in [1.165, 1.54) is 18.1 Å². The normalized spacial score (nSPS) is 26.8. The number of ketones is 2. The molecule has 3 atom stereocenters. The molecule has 6 heteroatoms. The Bertz CT molecular complexity index is 621. The summed E-state index contributed by atoms with van der Waals surface area (Å²) in [4.78, 5) is 23.8. The molecule has 5 nitrogen and oxygen atoms in total. The third-order valence-corrected chi connectivity index (χ3v) is 5.04. The van der Waals surface area contributed by atoms with Crippen LogP contribution in [0.25, 0.3) is 0 Å². The number of benzene rings is 1. The minimum absolute atomic E-state index is 0.0618. The van der Waals surface area contributed by atoms with Crippen molar-refractivity contribution in [1.82, 2.24) is 5.32 Å². The first-order chi connectivity index (χ1) is 11.5. The molecule has 3 rings (SSSR count). The summed E-state index contributed by atoms with van der Waals surface area (Å²) in [5.41, 5.74) is 2.46. The van der Waals surface area contributed by atoms with Crippen LogP contribution in [0, 0.1) is 0 Å². The number of hydrogen-bond donors (Lipinski definition) is 2. The highest BCUT2D eigenvalue weighted by Gasteiger charge is 2.37. The Hall–Kier alpha value is -1.50. The van der Waals surface area contributed by atoms with Crippen molar-refractivity contribution in [2.45, 2.75) is 63.5 Å². The number of nitrogens with one attached hydrogen (secondary N) is 1. The predicted molar refractivity (Wildman–Crippen MR) is 91.5 cm³/mol. The monoisotopic (exact) mass is 329 g/mol. The Balaban J connectivity index is 1.53. The van der Waals surface area contributed by atoms with Crippen LogP contribution < -0.4 is 5.32 Å². The second-order valence-electron chi connectivity index (χ2n) is 6.97. The van der Waals surface area contributed by atoms with Crippen molar-refractivity contribution >= 4 is 18.7 Å². The van der Waals surface area contributed by atoms with E-state index < -0.39 is 7.12 Å². The lowest BCUT2D eigenvalue weighted by atomic mass is 9.64. The average Bonchev–Trinajstić information content (AvgIpc) is 2.56. The van der Waals surface area contributed by atoms with E-state index in [-0.39, 0.29) is 29.5 Å². The fourth-order valence-corrected chi connectivity index (χ4v) is 3.68. The highest BCUT2D eigenvalue weighted by molar-refractivity contribution is 6.45. The zero-order valence-corrected chi connectivity index (χ0v) is 14.0. The Labute approximate surface area is 142 Å². The molecule has 0 amide bonds. The molecule has 0 spiro atoms. The number of fused-ring (bicyclic) bond motifs is 1. The lowest BCUT2D eigenvalue weighted by Gasteiger charge is -2.32. The fourth-order valence-electron chi connectivity index (χ4n) is 3.68. The van der Waals surface area contributed by atoms with Crippen molar-refractivity contribution in [3.05, 3.63) is 35.4 Å². The van der Waals surface area contributed by atoms with Crippen LogP contribution in [0.5, 0.6) is 0 Å². The van der Waals surface area contributed by atoms with Gasteiger partial charge in [0.05, 0.1) is 6.04 Å². The largest absolute Gasteiger partial charge is 0.458 e. The summed E-state index contributed by atoms with van der Waals surface area (Å²) < 4.78 is 5.52. The van der Waals surface area contributed by atoms with Crippen molar-refractivity contribution in [1.29, 1.82) is 0 Å². The van der Waals surface area contributed by atoms with E-state index in [1.807, 2.05) is 12.1 Å². The number of carbonyl (C=O) groups is 2. The van der Waals surface area contributed by atoms with Crippen LogP contribution in [0.2, 0.25) is 5.82 Å². The minimum atomic E-state index is -0.956. The molecule has 2 aliphatic heterocycles. The van der Waals surface area contributed by atoms with Gasteiger partial charge >= 0.3 is 7.12 Å². The molecule has 0 aromatic heterocycles. The second-order valence-corrected chi connectivity index (χ2v) is 6.97.